The first-order chi connectivity index (χ1) is 10.1. The Morgan fingerprint density at radius 3 is 2.22 bits per heavy atom. The average Bonchev–Trinajstić information content (AvgIpc) is 2.49. The van der Waals surface area contributed by atoms with Gasteiger partial charge < -0.3 is 39.6 Å². The molecule has 1 aromatic carbocycles. The van der Waals surface area contributed by atoms with Gasteiger partial charge in [-0.05, 0) is 43.7 Å². The van der Waals surface area contributed by atoms with Crippen LogP contribution in [0.2, 0.25) is 0 Å². The van der Waals surface area contributed by atoms with Crippen molar-refractivity contribution in [2.45, 2.75) is 26.9 Å². The first-order valence-corrected chi connectivity index (χ1v) is 7.91. The van der Waals surface area contributed by atoms with Gasteiger partial charge in [0, 0.05) is 32.7 Å². The third kappa shape index (κ3) is 7.27. The van der Waals surface area contributed by atoms with Crippen LogP contribution in [0.1, 0.15) is 18.1 Å². The monoisotopic (exact) mass is 362 g/mol. The Balaban J connectivity index is 0.00000242. The van der Waals surface area contributed by atoms with Crippen LogP contribution < -0.4 is 29.6 Å². The maximum Gasteiger partial charge on any atom is 0.119 e. The lowest BCUT2D eigenvalue weighted by atomic mass is 10.1. The molecule has 0 aliphatic carbocycles. The van der Waals surface area contributed by atoms with E-state index < -0.39 is 6.10 Å². The summed E-state index contributed by atoms with van der Waals surface area (Å²) in [7, 11) is 0. The Morgan fingerprint density at radius 2 is 1.65 bits per heavy atom. The Kier molecular flexibility index (Phi) is 10.9. The second-order valence-corrected chi connectivity index (χ2v) is 5.95. The maximum atomic E-state index is 10.1. The highest BCUT2D eigenvalue weighted by Gasteiger charge is 2.18. The smallest absolute Gasteiger partial charge is 0.119 e. The molecule has 1 saturated heterocycles. The van der Waals surface area contributed by atoms with E-state index in [4.69, 9.17) is 4.74 Å². The molecule has 1 aliphatic rings. The molecule has 1 unspecified atom stereocenters. The van der Waals surface area contributed by atoms with E-state index in [1.807, 2.05) is 12.1 Å². The van der Waals surface area contributed by atoms with Crippen LogP contribution in [0.5, 0.6) is 5.75 Å². The molecule has 1 fully saturated rings. The van der Waals surface area contributed by atoms with Gasteiger partial charge in [0.25, 0.3) is 0 Å². The maximum absolute atomic E-state index is 10.1. The van der Waals surface area contributed by atoms with Crippen LogP contribution >= 0.6 is 0 Å². The second-order valence-electron chi connectivity index (χ2n) is 5.95. The number of hydrogen-bond donors (Lipinski definition) is 1. The summed E-state index contributed by atoms with van der Waals surface area (Å²) in [6.45, 7) is 12.8. The molecule has 134 valence electrons. The standard InChI is InChI=1S/C17H28N2O2.2ClH/c1-4-18-7-9-19(10-8-18)12-16(20)13-21-17-6-5-14(2)15(3)11-17;;/h5-6,11,16,20H,4,7-10,12-13H2,1-3H3;2*1H/p-2. The van der Waals surface area contributed by atoms with E-state index in [1.54, 1.807) is 0 Å². The summed E-state index contributed by atoms with van der Waals surface area (Å²) in [4.78, 5) is 4.76. The summed E-state index contributed by atoms with van der Waals surface area (Å²) in [5, 5.41) is 10.1. The van der Waals surface area contributed by atoms with Crippen molar-refractivity contribution in [3.63, 3.8) is 0 Å². The number of hydrogen-bond acceptors (Lipinski definition) is 4. The summed E-state index contributed by atoms with van der Waals surface area (Å²) in [6.07, 6.45) is -0.431. The molecular formula is C17H28Cl2N2O2-2. The van der Waals surface area contributed by atoms with E-state index in [2.05, 4.69) is 36.6 Å². The van der Waals surface area contributed by atoms with E-state index in [9.17, 15) is 5.11 Å². The Labute approximate surface area is 152 Å². The average molecular weight is 363 g/mol. The zero-order valence-corrected chi connectivity index (χ0v) is 15.8. The summed E-state index contributed by atoms with van der Waals surface area (Å²) >= 11 is 0. The zero-order chi connectivity index (χ0) is 15.2. The van der Waals surface area contributed by atoms with Crippen molar-refractivity contribution in [3.8, 4) is 5.75 Å². The van der Waals surface area contributed by atoms with Crippen molar-refractivity contribution in [2.75, 3.05) is 45.9 Å². The fourth-order valence-corrected chi connectivity index (χ4v) is 2.63. The molecule has 1 aromatic rings. The van der Waals surface area contributed by atoms with E-state index in [-0.39, 0.29) is 24.8 Å². The van der Waals surface area contributed by atoms with Gasteiger partial charge in [0.05, 0.1) is 0 Å². The van der Waals surface area contributed by atoms with Gasteiger partial charge >= 0.3 is 0 Å². The second kappa shape index (κ2) is 11.1. The quantitative estimate of drug-likeness (QED) is 0.555. The number of nitrogens with zero attached hydrogens (tertiary/aromatic N) is 2. The highest BCUT2D eigenvalue weighted by Crippen LogP contribution is 2.16. The first-order valence-electron chi connectivity index (χ1n) is 7.91. The molecule has 2 rings (SSSR count). The van der Waals surface area contributed by atoms with Crippen LogP contribution in [-0.4, -0.2) is 66.9 Å². The number of halogens is 2. The van der Waals surface area contributed by atoms with Gasteiger partial charge in [-0.2, -0.15) is 0 Å². The number of benzene rings is 1. The van der Waals surface area contributed by atoms with Gasteiger partial charge in [0.2, 0.25) is 0 Å². The summed E-state index contributed by atoms with van der Waals surface area (Å²) < 4.78 is 5.70. The van der Waals surface area contributed by atoms with Crippen molar-refractivity contribution in [2.24, 2.45) is 0 Å². The molecule has 1 heterocycles. The highest BCUT2D eigenvalue weighted by atomic mass is 35.5. The van der Waals surface area contributed by atoms with Crippen molar-refractivity contribution in [3.05, 3.63) is 29.3 Å². The Bertz CT molecular complexity index is 452. The molecule has 6 heteroatoms. The summed E-state index contributed by atoms with van der Waals surface area (Å²) in [5.74, 6) is 0.841. The molecule has 0 spiro atoms. The number of rotatable bonds is 6. The van der Waals surface area contributed by atoms with Gasteiger partial charge in [-0.25, -0.2) is 0 Å². The molecule has 0 bridgehead atoms. The molecule has 0 radical (unpaired) electrons. The molecule has 1 atom stereocenters. The minimum Gasteiger partial charge on any atom is -1.00 e. The van der Waals surface area contributed by atoms with Crippen LogP contribution in [0.3, 0.4) is 0 Å². The summed E-state index contributed by atoms with van der Waals surface area (Å²) in [5.41, 5.74) is 2.48. The number of aliphatic hydroxyl groups is 1. The van der Waals surface area contributed by atoms with Crippen molar-refractivity contribution >= 4 is 0 Å². The van der Waals surface area contributed by atoms with E-state index in [1.165, 1.54) is 11.1 Å². The predicted octanol–water partition coefficient (Wildman–Crippen LogP) is -4.31. The topological polar surface area (TPSA) is 35.9 Å². The van der Waals surface area contributed by atoms with Crippen LogP contribution in [0.25, 0.3) is 0 Å². The van der Waals surface area contributed by atoms with Gasteiger partial charge in [0.1, 0.15) is 18.5 Å². The molecular weight excluding hydrogens is 335 g/mol. The highest BCUT2D eigenvalue weighted by molar-refractivity contribution is 5.33. The lowest BCUT2D eigenvalue weighted by Gasteiger charge is -2.34. The van der Waals surface area contributed by atoms with Gasteiger partial charge in [0.15, 0.2) is 0 Å². The van der Waals surface area contributed by atoms with Crippen LogP contribution in [0.15, 0.2) is 18.2 Å². The van der Waals surface area contributed by atoms with Crippen molar-refractivity contribution < 1.29 is 34.7 Å². The van der Waals surface area contributed by atoms with E-state index >= 15 is 0 Å². The van der Waals surface area contributed by atoms with Crippen molar-refractivity contribution in [1.29, 1.82) is 0 Å². The van der Waals surface area contributed by atoms with Gasteiger partial charge in [-0.1, -0.05) is 13.0 Å². The van der Waals surface area contributed by atoms with Crippen molar-refractivity contribution in [1.82, 2.24) is 9.80 Å². The fourth-order valence-electron chi connectivity index (χ4n) is 2.63. The number of likely N-dealkylation sites (N-methyl/N-ethyl adjacent to an activating group) is 1. The predicted molar refractivity (Wildman–Crippen MR) is 86.0 cm³/mol. The largest absolute Gasteiger partial charge is 1.00 e. The zero-order valence-electron chi connectivity index (χ0n) is 14.3. The number of ether oxygens (including phenoxy) is 1. The Morgan fingerprint density at radius 1 is 1.04 bits per heavy atom. The lowest BCUT2D eigenvalue weighted by Crippen LogP contribution is -3.00. The molecule has 0 amide bonds. The number of aryl methyl sites for hydroxylation is 2. The van der Waals surface area contributed by atoms with E-state index in [0.717, 1.165) is 38.5 Å². The van der Waals surface area contributed by atoms with Crippen LogP contribution in [0, 0.1) is 13.8 Å². The lowest BCUT2D eigenvalue weighted by molar-refractivity contribution is -0.001000. The third-order valence-electron chi connectivity index (χ3n) is 4.30. The van der Waals surface area contributed by atoms with E-state index in [0.29, 0.717) is 13.2 Å². The molecule has 1 N–H and O–H groups in total. The number of aliphatic hydroxyl groups excluding tert-OH is 1. The molecule has 4 nitrogen and oxygen atoms in total. The molecule has 1 aliphatic heterocycles. The van der Waals surface area contributed by atoms with Gasteiger partial charge in [-0.15, -0.1) is 0 Å². The summed E-state index contributed by atoms with van der Waals surface area (Å²) in [6, 6.07) is 6.05. The normalized spacial score (nSPS) is 17.0. The third-order valence-corrected chi connectivity index (χ3v) is 4.30. The first kappa shape index (κ1) is 22.5. The number of piperazine rings is 1. The van der Waals surface area contributed by atoms with Crippen LogP contribution in [0.4, 0.5) is 0 Å². The van der Waals surface area contributed by atoms with Crippen LogP contribution in [-0.2, 0) is 0 Å². The SMILES string of the molecule is CCN1CCN(CC(O)COc2ccc(C)c(C)c2)CC1.[Cl-].[Cl-]. The van der Waals surface area contributed by atoms with Gasteiger partial charge in [-0.3, -0.25) is 4.90 Å². The minimum atomic E-state index is -0.431. The fraction of sp³-hybridized carbons (Fsp3) is 0.647. The Hall–Kier alpha value is -0.520. The number of β-amino-alcohol motifs (C(OH)–C–C–N with tert-alkyl or cyclic N) is 1. The molecule has 0 aromatic heterocycles. The molecule has 23 heavy (non-hydrogen) atoms. The minimum absolute atomic E-state index is 0. The molecule has 0 saturated carbocycles.